The lowest BCUT2D eigenvalue weighted by Crippen LogP contribution is -2.29. The molecule has 0 bridgehead atoms. The Labute approximate surface area is 229 Å². The van der Waals surface area contributed by atoms with Gasteiger partial charge in [-0.3, -0.25) is 4.90 Å². The molecule has 0 saturated carbocycles. The molecule has 37 heavy (non-hydrogen) atoms. The first kappa shape index (κ1) is 23.9. The second-order valence-corrected chi connectivity index (χ2v) is 11.4. The molecule has 182 valence electrons. The molecule has 3 heterocycles. The van der Waals surface area contributed by atoms with E-state index in [1.54, 1.807) is 11.3 Å². The molecule has 0 fully saturated rings. The van der Waals surface area contributed by atoms with Crippen molar-refractivity contribution in [1.29, 1.82) is 5.26 Å². The van der Waals surface area contributed by atoms with Crippen LogP contribution in [0.25, 0.3) is 10.9 Å². The van der Waals surface area contributed by atoms with Gasteiger partial charge in [0.25, 0.3) is 0 Å². The molecule has 0 amide bonds. The molecule has 0 atom stereocenters. The lowest BCUT2D eigenvalue weighted by molar-refractivity contribution is 0.249. The number of aliphatic imine (C=N–C) groups is 1. The highest BCUT2D eigenvalue weighted by molar-refractivity contribution is 9.10. The molecule has 6 rings (SSSR count). The van der Waals surface area contributed by atoms with Gasteiger partial charge in [0.1, 0.15) is 11.1 Å². The van der Waals surface area contributed by atoms with Crippen LogP contribution in [0.2, 0.25) is 0 Å². The minimum atomic E-state index is 0.745. The van der Waals surface area contributed by atoms with Crippen molar-refractivity contribution in [1.82, 2.24) is 9.47 Å². The average molecular weight is 566 g/mol. The van der Waals surface area contributed by atoms with E-state index in [2.05, 4.69) is 117 Å². The summed E-state index contributed by atoms with van der Waals surface area (Å²) in [7, 11) is 0. The largest absolute Gasteiger partial charge is 0.342 e. The van der Waals surface area contributed by atoms with Crippen molar-refractivity contribution in [2.45, 2.75) is 26.1 Å². The first-order valence-electron chi connectivity index (χ1n) is 12.4. The second kappa shape index (κ2) is 10.5. The van der Waals surface area contributed by atoms with Crippen molar-refractivity contribution in [2.24, 2.45) is 4.99 Å². The number of thiophene rings is 1. The Morgan fingerprint density at radius 1 is 0.946 bits per heavy atom. The van der Waals surface area contributed by atoms with Gasteiger partial charge in [0.15, 0.2) is 0 Å². The van der Waals surface area contributed by atoms with Gasteiger partial charge in [0.2, 0.25) is 0 Å². The molecule has 0 aliphatic carbocycles. The van der Waals surface area contributed by atoms with Gasteiger partial charge < -0.3 is 4.57 Å². The first-order chi connectivity index (χ1) is 18.2. The Balaban J connectivity index is 1.27. The molecule has 6 heteroatoms. The molecule has 0 radical (unpaired) electrons. The normalized spacial score (nSPS) is 13.7. The highest BCUT2D eigenvalue weighted by Crippen LogP contribution is 2.39. The van der Waals surface area contributed by atoms with Crippen molar-refractivity contribution < 1.29 is 0 Å². The van der Waals surface area contributed by atoms with Crippen molar-refractivity contribution in [3.63, 3.8) is 0 Å². The zero-order valence-electron chi connectivity index (χ0n) is 20.3. The van der Waals surface area contributed by atoms with E-state index in [0.29, 0.717) is 0 Å². The molecular weight excluding hydrogens is 540 g/mol. The summed E-state index contributed by atoms with van der Waals surface area (Å²) in [6.45, 7) is 3.54. The lowest BCUT2D eigenvalue weighted by atomic mass is 10.0. The monoisotopic (exact) mass is 564 g/mol. The van der Waals surface area contributed by atoms with Crippen molar-refractivity contribution in [2.75, 3.05) is 6.54 Å². The van der Waals surface area contributed by atoms with Gasteiger partial charge in [-0.05, 0) is 41.3 Å². The van der Waals surface area contributed by atoms with Crippen LogP contribution in [0.5, 0.6) is 0 Å². The summed E-state index contributed by atoms with van der Waals surface area (Å²) in [4.78, 5) is 8.60. The number of hydrogen-bond acceptors (Lipinski definition) is 4. The maximum absolute atomic E-state index is 9.98. The number of para-hydroxylation sites is 1. The fourth-order valence-electron chi connectivity index (χ4n) is 5.05. The van der Waals surface area contributed by atoms with Crippen LogP contribution in [-0.4, -0.2) is 22.2 Å². The summed E-state index contributed by atoms with van der Waals surface area (Å²) in [5.74, 6) is 0. The third-order valence-electron chi connectivity index (χ3n) is 6.88. The van der Waals surface area contributed by atoms with E-state index in [-0.39, 0.29) is 0 Å². The molecule has 0 saturated heterocycles. The predicted molar refractivity (Wildman–Crippen MR) is 156 cm³/mol. The van der Waals surface area contributed by atoms with Crippen LogP contribution in [0.1, 0.15) is 32.7 Å². The zero-order valence-corrected chi connectivity index (χ0v) is 22.7. The topological polar surface area (TPSA) is 44.3 Å². The summed E-state index contributed by atoms with van der Waals surface area (Å²) in [6, 6.07) is 29.9. The second-order valence-electron chi connectivity index (χ2n) is 9.36. The summed E-state index contributed by atoms with van der Waals surface area (Å²) in [6.07, 6.45) is 4.99. The van der Waals surface area contributed by atoms with E-state index in [9.17, 15) is 5.26 Å². The van der Waals surface area contributed by atoms with Gasteiger partial charge >= 0.3 is 0 Å². The smallest absolute Gasteiger partial charge is 0.134 e. The number of nitriles is 1. The molecule has 4 nitrogen and oxygen atoms in total. The lowest BCUT2D eigenvalue weighted by Gasteiger charge is -2.26. The van der Waals surface area contributed by atoms with Crippen molar-refractivity contribution in [3.8, 4) is 6.07 Å². The van der Waals surface area contributed by atoms with Gasteiger partial charge in [-0.15, -0.1) is 11.3 Å². The van der Waals surface area contributed by atoms with E-state index >= 15 is 0 Å². The zero-order chi connectivity index (χ0) is 25.2. The molecule has 5 aromatic rings. The summed E-state index contributed by atoms with van der Waals surface area (Å²) >= 11 is 5.18. The van der Waals surface area contributed by atoms with Crippen LogP contribution < -0.4 is 0 Å². The molecule has 2 aromatic heterocycles. The fraction of sp³-hybridized carbons (Fsp3) is 0.161. The quantitative estimate of drug-likeness (QED) is 0.198. The number of hydrogen-bond donors (Lipinski definition) is 0. The molecule has 1 aliphatic rings. The van der Waals surface area contributed by atoms with Crippen LogP contribution in [0.4, 0.5) is 5.00 Å². The minimum absolute atomic E-state index is 0.745. The Morgan fingerprint density at radius 3 is 2.51 bits per heavy atom. The van der Waals surface area contributed by atoms with E-state index in [0.717, 1.165) is 58.6 Å². The van der Waals surface area contributed by atoms with Crippen LogP contribution >= 0.6 is 27.3 Å². The number of rotatable bonds is 6. The fourth-order valence-corrected chi connectivity index (χ4v) is 6.50. The number of aromatic nitrogens is 1. The third kappa shape index (κ3) is 5.03. The number of nitrogens with zero attached hydrogens (tertiary/aromatic N) is 4. The van der Waals surface area contributed by atoms with Gasteiger partial charge in [-0.1, -0.05) is 76.6 Å². The average Bonchev–Trinajstić information content (AvgIpc) is 3.46. The Morgan fingerprint density at radius 2 is 1.70 bits per heavy atom. The van der Waals surface area contributed by atoms with Crippen LogP contribution in [0, 0.1) is 11.3 Å². The van der Waals surface area contributed by atoms with E-state index in [4.69, 9.17) is 4.99 Å². The van der Waals surface area contributed by atoms with Gasteiger partial charge in [-0.2, -0.15) is 5.26 Å². The number of benzene rings is 3. The van der Waals surface area contributed by atoms with E-state index in [1.807, 2.05) is 6.21 Å². The van der Waals surface area contributed by atoms with Crippen LogP contribution in [0.15, 0.2) is 94.5 Å². The Bertz CT molecular complexity index is 1620. The van der Waals surface area contributed by atoms with Crippen molar-refractivity contribution in [3.05, 3.63) is 122 Å². The predicted octanol–water partition coefficient (Wildman–Crippen LogP) is 7.69. The van der Waals surface area contributed by atoms with Crippen LogP contribution in [-0.2, 0) is 26.1 Å². The molecule has 1 aliphatic heterocycles. The summed E-state index contributed by atoms with van der Waals surface area (Å²) in [5.41, 5.74) is 6.73. The molecule has 0 N–H and O–H groups in total. The number of fused-ring (bicyclic) bond motifs is 2. The molecule has 3 aromatic carbocycles. The highest BCUT2D eigenvalue weighted by Gasteiger charge is 2.24. The Hall–Kier alpha value is -3.50. The van der Waals surface area contributed by atoms with Crippen molar-refractivity contribution >= 4 is 49.4 Å². The number of halogens is 1. The first-order valence-corrected chi connectivity index (χ1v) is 14.0. The Kier molecular flexibility index (Phi) is 6.75. The standard InChI is InChI=1S/C31H25BrN4S/c32-25-12-10-23(11-13-25)19-36-20-24(26-8-4-5-9-29(26)36)17-34-31-28(16-33)27-14-15-35(21-30(27)37-31)18-22-6-2-1-3-7-22/h1-13,17,20H,14-15,18-19,21H2. The van der Waals surface area contributed by atoms with Gasteiger partial charge in [0, 0.05) is 64.4 Å². The highest BCUT2D eigenvalue weighted by atomic mass is 79.9. The van der Waals surface area contributed by atoms with E-state index < -0.39 is 0 Å². The summed E-state index contributed by atoms with van der Waals surface area (Å²) in [5, 5.41) is 12.0. The van der Waals surface area contributed by atoms with Gasteiger partial charge in [0.05, 0.1) is 5.56 Å². The summed E-state index contributed by atoms with van der Waals surface area (Å²) < 4.78 is 3.35. The molecular formula is C31H25BrN4S. The van der Waals surface area contributed by atoms with E-state index in [1.165, 1.54) is 27.1 Å². The molecule has 0 spiro atoms. The third-order valence-corrected chi connectivity index (χ3v) is 8.54. The maximum Gasteiger partial charge on any atom is 0.134 e. The minimum Gasteiger partial charge on any atom is -0.342 e. The van der Waals surface area contributed by atoms with Crippen LogP contribution in [0.3, 0.4) is 0 Å². The van der Waals surface area contributed by atoms with Gasteiger partial charge in [-0.25, -0.2) is 4.99 Å². The maximum atomic E-state index is 9.98. The SMILES string of the molecule is N#Cc1c(N=Cc2cn(Cc3ccc(Br)cc3)c3ccccc23)sc2c1CCN(Cc1ccccc1)C2. The molecule has 0 unspecified atom stereocenters.